The van der Waals surface area contributed by atoms with Crippen molar-refractivity contribution in [1.29, 1.82) is 0 Å². The number of piperazine rings is 1. The third-order valence-corrected chi connectivity index (χ3v) is 4.41. The first-order valence-corrected chi connectivity index (χ1v) is 8.57. The number of nitrogens with zero attached hydrogens (tertiary/aromatic N) is 3. The molecule has 0 amide bonds. The van der Waals surface area contributed by atoms with Crippen molar-refractivity contribution in [2.24, 2.45) is 0 Å². The fraction of sp³-hybridized carbons (Fsp3) is 0.688. The highest BCUT2D eigenvalue weighted by atomic mass is 16.5. The molecule has 0 aromatic carbocycles. The average Bonchev–Trinajstić information content (AvgIpc) is 2.57. The van der Waals surface area contributed by atoms with Crippen molar-refractivity contribution in [1.82, 2.24) is 19.4 Å². The molecule has 0 spiro atoms. The summed E-state index contributed by atoms with van der Waals surface area (Å²) in [5, 5.41) is 0. The van der Waals surface area contributed by atoms with Crippen molar-refractivity contribution in [2.45, 2.75) is 19.9 Å². The summed E-state index contributed by atoms with van der Waals surface area (Å²) in [5.41, 5.74) is 4.53. The standard InChI is InChI=1S/C16H27N5O4/c1-3-4-21-14(17)13(15(23)18-16(21)24)12(22)11-20-7-5-19(6-8-20)9-10-25-2/h3-11,17H2,1-2H3,(H,18,23,24). The van der Waals surface area contributed by atoms with Gasteiger partial charge in [0.15, 0.2) is 5.78 Å². The monoisotopic (exact) mass is 353 g/mol. The zero-order chi connectivity index (χ0) is 18.4. The highest BCUT2D eigenvalue weighted by molar-refractivity contribution is 6.01. The van der Waals surface area contributed by atoms with Gasteiger partial charge in [0.1, 0.15) is 11.4 Å². The molecule has 1 aliphatic rings. The fourth-order valence-corrected chi connectivity index (χ4v) is 2.98. The van der Waals surface area contributed by atoms with Crippen LogP contribution >= 0.6 is 0 Å². The molecule has 1 aromatic heterocycles. The second-order valence-corrected chi connectivity index (χ2v) is 6.20. The number of hydrogen-bond donors (Lipinski definition) is 2. The molecular weight excluding hydrogens is 326 g/mol. The minimum absolute atomic E-state index is 0.0423. The van der Waals surface area contributed by atoms with Crippen LogP contribution in [0.25, 0.3) is 0 Å². The van der Waals surface area contributed by atoms with E-state index in [9.17, 15) is 14.4 Å². The maximum atomic E-state index is 12.6. The molecule has 1 aliphatic heterocycles. The quantitative estimate of drug-likeness (QED) is 0.575. The van der Waals surface area contributed by atoms with Crippen molar-refractivity contribution < 1.29 is 9.53 Å². The number of rotatable bonds is 8. The number of carbonyl (C=O) groups is 1. The Bertz CT molecular complexity index is 703. The van der Waals surface area contributed by atoms with E-state index in [1.165, 1.54) is 4.57 Å². The van der Waals surface area contributed by atoms with E-state index in [1.54, 1.807) is 7.11 Å². The lowest BCUT2D eigenvalue weighted by molar-refractivity contribution is 0.0787. The average molecular weight is 353 g/mol. The summed E-state index contributed by atoms with van der Waals surface area (Å²) in [6.07, 6.45) is 0.674. The van der Waals surface area contributed by atoms with Gasteiger partial charge in [0.05, 0.1) is 13.2 Å². The van der Waals surface area contributed by atoms with Crippen molar-refractivity contribution >= 4 is 11.6 Å². The lowest BCUT2D eigenvalue weighted by Crippen LogP contribution is -2.49. The number of hydrogen-bond acceptors (Lipinski definition) is 7. The second kappa shape index (κ2) is 8.93. The van der Waals surface area contributed by atoms with Crippen LogP contribution < -0.4 is 17.0 Å². The lowest BCUT2D eigenvalue weighted by Gasteiger charge is -2.34. The van der Waals surface area contributed by atoms with E-state index >= 15 is 0 Å². The van der Waals surface area contributed by atoms with Gasteiger partial charge in [-0.1, -0.05) is 6.92 Å². The molecule has 9 heteroatoms. The van der Waals surface area contributed by atoms with Gasteiger partial charge in [-0.05, 0) is 6.42 Å². The summed E-state index contributed by atoms with van der Waals surface area (Å²) in [7, 11) is 1.68. The van der Waals surface area contributed by atoms with E-state index < -0.39 is 11.2 Å². The number of ether oxygens (including phenoxy) is 1. The first-order valence-electron chi connectivity index (χ1n) is 8.57. The predicted octanol–water partition coefficient (Wildman–Crippen LogP) is -1.02. The number of ketones is 1. The summed E-state index contributed by atoms with van der Waals surface area (Å²) in [6.45, 7) is 7.09. The number of aromatic nitrogens is 2. The summed E-state index contributed by atoms with van der Waals surface area (Å²) < 4.78 is 6.32. The molecule has 1 aromatic rings. The number of nitrogen functional groups attached to an aromatic ring is 1. The molecule has 1 fully saturated rings. The lowest BCUT2D eigenvalue weighted by atomic mass is 10.1. The third-order valence-electron chi connectivity index (χ3n) is 4.41. The van der Waals surface area contributed by atoms with E-state index in [2.05, 4.69) is 9.88 Å². The number of Topliss-reactive ketones (excluding diaryl/α,β-unsaturated/α-hetero) is 1. The Balaban J connectivity index is 2.06. The number of nitrogens with two attached hydrogens (primary N) is 1. The zero-order valence-corrected chi connectivity index (χ0v) is 14.9. The van der Waals surface area contributed by atoms with Crippen molar-refractivity contribution in [2.75, 3.05) is 58.7 Å². The number of carbonyl (C=O) groups excluding carboxylic acids is 1. The highest BCUT2D eigenvalue weighted by Gasteiger charge is 2.23. The van der Waals surface area contributed by atoms with E-state index in [4.69, 9.17) is 10.5 Å². The number of nitrogens with one attached hydrogen (secondary N) is 1. The Labute approximate surface area is 146 Å². The van der Waals surface area contributed by atoms with Crippen LogP contribution in [0.2, 0.25) is 0 Å². The molecule has 3 N–H and O–H groups in total. The van der Waals surface area contributed by atoms with Gasteiger partial charge in [0.25, 0.3) is 5.56 Å². The number of anilines is 1. The van der Waals surface area contributed by atoms with E-state index in [0.29, 0.717) is 19.6 Å². The summed E-state index contributed by atoms with van der Waals surface area (Å²) in [5.74, 6) is -0.395. The Morgan fingerprint density at radius 2 is 1.80 bits per heavy atom. The Morgan fingerprint density at radius 3 is 2.40 bits per heavy atom. The summed E-state index contributed by atoms with van der Waals surface area (Å²) >= 11 is 0. The molecule has 140 valence electrons. The zero-order valence-electron chi connectivity index (χ0n) is 14.9. The van der Waals surface area contributed by atoms with Crippen LogP contribution in [0.1, 0.15) is 23.7 Å². The minimum atomic E-state index is -0.710. The highest BCUT2D eigenvalue weighted by Crippen LogP contribution is 2.08. The van der Waals surface area contributed by atoms with E-state index in [-0.39, 0.29) is 23.7 Å². The largest absolute Gasteiger partial charge is 0.384 e. The smallest absolute Gasteiger partial charge is 0.329 e. The molecular formula is C16H27N5O4. The van der Waals surface area contributed by atoms with Crippen LogP contribution in [0, 0.1) is 0 Å². The van der Waals surface area contributed by atoms with E-state index in [0.717, 1.165) is 32.7 Å². The number of aromatic amines is 1. The number of H-pyrrole nitrogens is 1. The van der Waals surface area contributed by atoms with Crippen LogP contribution in [0.5, 0.6) is 0 Å². The molecule has 0 radical (unpaired) electrons. The van der Waals surface area contributed by atoms with Crippen molar-refractivity contribution in [3.8, 4) is 0 Å². The molecule has 2 heterocycles. The summed E-state index contributed by atoms with van der Waals surface area (Å²) in [6, 6.07) is 0. The van der Waals surface area contributed by atoms with Crippen molar-refractivity contribution in [3.05, 3.63) is 26.4 Å². The van der Waals surface area contributed by atoms with Crippen LogP contribution in [0.15, 0.2) is 9.59 Å². The molecule has 0 saturated carbocycles. The number of methoxy groups -OCH3 is 1. The second-order valence-electron chi connectivity index (χ2n) is 6.20. The maximum absolute atomic E-state index is 12.6. The van der Waals surface area contributed by atoms with Gasteiger partial charge in [-0.3, -0.25) is 28.9 Å². The van der Waals surface area contributed by atoms with Gasteiger partial charge in [0, 0.05) is 46.4 Å². The van der Waals surface area contributed by atoms with Crippen LogP contribution in [-0.2, 0) is 11.3 Å². The molecule has 0 aliphatic carbocycles. The molecule has 0 unspecified atom stereocenters. The predicted molar refractivity (Wildman–Crippen MR) is 95.1 cm³/mol. The summed E-state index contributed by atoms with van der Waals surface area (Å²) in [4.78, 5) is 42.9. The van der Waals surface area contributed by atoms with Crippen LogP contribution in [-0.4, -0.2) is 78.1 Å². The maximum Gasteiger partial charge on any atom is 0.329 e. The van der Waals surface area contributed by atoms with Gasteiger partial charge in [0.2, 0.25) is 0 Å². The van der Waals surface area contributed by atoms with Crippen LogP contribution in [0.4, 0.5) is 5.82 Å². The SMILES string of the molecule is CCCn1c(N)c(C(=O)CN2CCN(CCOC)CC2)c(=O)[nH]c1=O. The fourth-order valence-electron chi connectivity index (χ4n) is 2.98. The Hall–Kier alpha value is -1.97. The van der Waals surface area contributed by atoms with Gasteiger partial charge in [-0.2, -0.15) is 0 Å². The molecule has 1 saturated heterocycles. The normalized spacial score (nSPS) is 16.2. The van der Waals surface area contributed by atoms with Crippen molar-refractivity contribution in [3.63, 3.8) is 0 Å². The molecule has 0 atom stereocenters. The van der Waals surface area contributed by atoms with Gasteiger partial charge < -0.3 is 10.5 Å². The Kier molecular flexibility index (Phi) is 6.91. The van der Waals surface area contributed by atoms with Crippen LogP contribution in [0.3, 0.4) is 0 Å². The first kappa shape index (κ1) is 19.4. The first-order chi connectivity index (χ1) is 12.0. The van der Waals surface area contributed by atoms with Gasteiger partial charge >= 0.3 is 5.69 Å². The molecule has 25 heavy (non-hydrogen) atoms. The molecule has 2 rings (SSSR count). The topological polar surface area (TPSA) is 114 Å². The molecule has 9 nitrogen and oxygen atoms in total. The van der Waals surface area contributed by atoms with Gasteiger partial charge in [-0.15, -0.1) is 0 Å². The Morgan fingerprint density at radius 1 is 1.16 bits per heavy atom. The molecule has 0 bridgehead atoms. The van der Waals surface area contributed by atoms with Gasteiger partial charge in [-0.25, -0.2) is 4.79 Å². The minimum Gasteiger partial charge on any atom is -0.384 e. The third kappa shape index (κ3) is 4.77. The van der Waals surface area contributed by atoms with E-state index in [1.807, 2.05) is 11.8 Å².